The highest BCUT2D eigenvalue weighted by Gasteiger charge is 2.48. The number of benzene rings is 1. The van der Waals surface area contributed by atoms with E-state index in [9.17, 15) is 0 Å². The first-order valence-electron chi connectivity index (χ1n) is 6.16. The molecule has 1 aliphatic rings. The number of hydrogen-bond donors (Lipinski definition) is 1. The van der Waals surface area contributed by atoms with Crippen LogP contribution in [0.15, 0.2) is 24.3 Å². The number of aromatic nitrogens is 1. The van der Waals surface area contributed by atoms with Crippen LogP contribution in [-0.4, -0.2) is 11.0 Å². The Hall–Kier alpha value is -0.930. The van der Waals surface area contributed by atoms with E-state index in [0.29, 0.717) is 11.3 Å². The number of rotatable bonds is 3. The third-order valence-electron chi connectivity index (χ3n) is 3.85. The van der Waals surface area contributed by atoms with Gasteiger partial charge in [0.25, 0.3) is 0 Å². The summed E-state index contributed by atoms with van der Waals surface area (Å²) in [4.78, 5) is 4.65. The molecule has 1 aromatic carbocycles. The van der Waals surface area contributed by atoms with Crippen LogP contribution in [0.4, 0.5) is 0 Å². The first-order valence-corrected chi connectivity index (χ1v) is 6.98. The molecule has 0 bridgehead atoms. The summed E-state index contributed by atoms with van der Waals surface area (Å²) >= 11 is 1.78. The number of fused-ring (bicyclic) bond motifs is 1. The molecule has 0 aliphatic heterocycles. The second kappa shape index (κ2) is 3.79. The summed E-state index contributed by atoms with van der Waals surface area (Å²) in [6.45, 7) is 4.60. The molecular weight excluding hydrogens is 228 g/mol. The number of hydrogen-bond acceptors (Lipinski definition) is 3. The third kappa shape index (κ3) is 2.09. The van der Waals surface area contributed by atoms with Crippen molar-refractivity contribution in [3.63, 3.8) is 0 Å². The minimum absolute atomic E-state index is 0.269. The van der Waals surface area contributed by atoms with Gasteiger partial charge in [0.05, 0.1) is 15.2 Å². The zero-order valence-corrected chi connectivity index (χ0v) is 11.1. The molecule has 17 heavy (non-hydrogen) atoms. The summed E-state index contributed by atoms with van der Waals surface area (Å²) in [5, 5.41) is 1.18. The molecule has 2 unspecified atom stereocenters. The van der Waals surface area contributed by atoms with Gasteiger partial charge in [-0.1, -0.05) is 26.0 Å². The lowest BCUT2D eigenvalue weighted by Crippen LogP contribution is -2.27. The fraction of sp³-hybridized carbons (Fsp3) is 0.500. The first kappa shape index (κ1) is 11.2. The zero-order valence-electron chi connectivity index (χ0n) is 10.3. The van der Waals surface area contributed by atoms with Gasteiger partial charge in [0.2, 0.25) is 0 Å². The Labute approximate surface area is 106 Å². The van der Waals surface area contributed by atoms with Crippen LogP contribution in [0.2, 0.25) is 0 Å². The Kier molecular flexibility index (Phi) is 2.49. The molecule has 0 spiro atoms. The average Bonchev–Trinajstić information content (AvgIpc) is 2.73. The maximum absolute atomic E-state index is 6.28. The minimum atomic E-state index is 0.269. The van der Waals surface area contributed by atoms with Gasteiger partial charge in [-0.05, 0) is 29.9 Å². The molecule has 1 heterocycles. The molecule has 2 atom stereocenters. The highest BCUT2D eigenvalue weighted by atomic mass is 32.1. The Morgan fingerprint density at radius 3 is 2.82 bits per heavy atom. The molecule has 3 heteroatoms. The Bertz CT molecular complexity index is 511. The van der Waals surface area contributed by atoms with E-state index in [1.165, 1.54) is 16.1 Å². The van der Waals surface area contributed by atoms with Crippen molar-refractivity contribution in [2.24, 2.45) is 17.1 Å². The molecule has 1 aliphatic carbocycles. The van der Waals surface area contributed by atoms with Crippen molar-refractivity contribution in [1.82, 2.24) is 4.98 Å². The van der Waals surface area contributed by atoms with E-state index in [1.807, 2.05) is 6.07 Å². The van der Waals surface area contributed by atoms with Gasteiger partial charge in [-0.15, -0.1) is 11.3 Å². The molecule has 1 aromatic heterocycles. The Morgan fingerprint density at radius 2 is 2.18 bits per heavy atom. The summed E-state index contributed by atoms with van der Waals surface area (Å²) in [6.07, 6.45) is 2.19. The summed E-state index contributed by atoms with van der Waals surface area (Å²) in [6, 6.07) is 8.57. The highest BCUT2D eigenvalue weighted by molar-refractivity contribution is 7.18. The van der Waals surface area contributed by atoms with Crippen LogP contribution in [-0.2, 0) is 6.42 Å². The van der Waals surface area contributed by atoms with Crippen molar-refractivity contribution >= 4 is 21.6 Å². The van der Waals surface area contributed by atoms with Gasteiger partial charge in [-0.2, -0.15) is 0 Å². The molecule has 0 radical (unpaired) electrons. The smallest absolute Gasteiger partial charge is 0.0954 e. The molecule has 90 valence electrons. The molecular formula is C14H18N2S. The van der Waals surface area contributed by atoms with Crippen molar-refractivity contribution in [2.45, 2.75) is 32.7 Å². The lowest BCUT2D eigenvalue weighted by atomic mass is 10.0. The monoisotopic (exact) mass is 246 g/mol. The predicted molar refractivity (Wildman–Crippen MR) is 73.2 cm³/mol. The minimum Gasteiger partial charge on any atom is -0.327 e. The average molecular weight is 246 g/mol. The molecule has 3 rings (SSSR count). The van der Waals surface area contributed by atoms with Gasteiger partial charge in [-0.3, -0.25) is 0 Å². The van der Waals surface area contributed by atoms with E-state index >= 15 is 0 Å². The van der Waals surface area contributed by atoms with Gasteiger partial charge in [0, 0.05) is 12.5 Å². The van der Waals surface area contributed by atoms with E-state index in [1.54, 1.807) is 11.3 Å². The van der Waals surface area contributed by atoms with Crippen LogP contribution in [0.3, 0.4) is 0 Å². The van der Waals surface area contributed by atoms with Crippen LogP contribution in [0.5, 0.6) is 0 Å². The standard InChI is InChI=1S/C14H18N2S/c1-14(2)8-9(14)10(15)7-13-16-11-5-3-4-6-12(11)17-13/h3-6,9-10H,7-8,15H2,1-2H3. The van der Waals surface area contributed by atoms with Gasteiger partial charge >= 0.3 is 0 Å². The van der Waals surface area contributed by atoms with Crippen LogP contribution in [0.1, 0.15) is 25.3 Å². The van der Waals surface area contributed by atoms with Crippen molar-refractivity contribution in [2.75, 3.05) is 0 Å². The number of nitrogens with zero attached hydrogens (tertiary/aromatic N) is 1. The van der Waals surface area contributed by atoms with Gasteiger partial charge in [0.1, 0.15) is 0 Å². The van der Waals surface area contributed by atoms with Crippen molar-refractivity contribution < 1.29 is 0 Å². The largest absolute Gasteiger partial charge is 0.327 e. The van der Waals surface area contributed by atoms with Crippen LogP contribution >= 0.6 is 11.3 Å². The summed E-state index contributed by atoms with van der Waals surface area (Å²) in [5.41, 5.74) is 7.84. The molecule has 1 fully saturated rings. The quantitative estimate of drug-likeness (QED) is 0.903. The summed E-state index contributed by atoms with van der Waals surface area (Å²) in [7, 11) is 0. The van der Waals surface area contributed by atoms with E-state index in [0.717, 1.165) is 11.9 Å². The lowest BCUT2D eigenvalue weighted by molar-refractivity contribution is 0.476. The second-order valence-electron chi connectivity index (χ2n) is 5.74. The Balaban J connectivity index is 1.77. The van der Waals surface area contributed by atoms with E-state index in [2.05, 4.69) is 37.0 Å². The molecule has 1 saturated carbocycles. The molecule has 0 saturated heterocycles. The highest BCUT2D eigenvalue weighted by Crippen LogP contribution is 2.53. The number of nitrogens with two attached hydrogens (primary N) is 1. The van der Waals surface area contributed by atoms with E-state index < -0.39 is 0 Å². The van der Waals surface area contributed by atoms with Gasteiger partial charge in [-0.25, -0.2) is 4.98 Å². The second-order valence-corrected chi connectivity index (χ2v) is 6.86. The van der Waals surface area contributed by atoms with Crippen LogP contribution in [0.25, 0.3) is 10.2 Å². The fourth-order valence-electron chi connectivity index (χ4n) is 2.59. The maximum Gasteiger partial charge on any atom is 0.0954 e. The van der Waals surface area contributed by atoms with Crippen molar-refractivity contribution in [3.05, 3.63) is 29.3 Å². The predicted octanol–water partition coefficient (Wildman–Crippen LogP) is 3.21. The maximum atomic E-state index is 6.28. The van der Waals surface area contributed by atoms with Crippen LogP contribution < -0.4 is 5.73 Å². The van der Waals surface area contributed by atoms with Gasteiger partial charge in [0.15, 0.2) is 0 Å². The zero-order chi connectivity index (χ0) is 12.0. The lowest BCUT2D eigenvalue weighted by Gasteiger charge is -2.11. The SMILES string of the molecule is CC1(C)CC1C(N)Cc1nc2ccccc2s1. The molecule has 2 N–H and O–H groups in total. The molecule has 2 aromatic rings. The number of thiazole rings is 1. The van der Waals surface area contributed by atoms with Crippen LogP contribution in [0, 0.1) is 11.3 Å². The fourth-order valence-corrected chi connectivity index (χ4v) is 3.63. The topological polar surface area (TPSA) is 38.9 Å². The van der Waals surface area contributed by atoms with Gasteiger partial charge < -0.3 is 5.73 Å². The number of para-hydroxylation sites is 1. The normalized spacial score (nSPS) is 23.8. The summed E-state index contributed by atoms with van der Waals surface area (Å²) < 4.78 is 1.27. The molecule has 2 nitrogen and oxygen atoms in total. The summed E-state index contributed by atoms with van der Waals surface area (Å²) in [5.74, 6) is 0.675. The van der Waals surface area contributed by atoms with Crippen molar-refractivity contribution in [1.29, 1.82) is 0 Å². The molecule has 0 amide bonds. The first-order chi connectivity index (χ1) is 8.06. The van der Waals surface area contributed by atoms with E-state index in [4.69, 9.17) is 5.73 Å². The van der Waals surface area contributed by atoms with E-state index in [-0.39, 0.29) is 6.04 Å². The van der Waals surface area contributed by atoms with Crippen molar-refractivity contribution in [3.8, 4) is 0 Å². The third-order valence-corrected chi connectivity index (χ3v) is 4.91. The Morgan fingerprint density at radius 1 is 1.47 bits per heavy atom.